The number of nitrogens with zero attached hydrogens (tertiary/aromatic N) is 3. The van der Waals surface area contributed by atoms with E-state index in [1.807, 2.05) is 0 Å². The van der Waals surface area contributed by atoms with Crippen LogP contribution in [0.3, 0.4) is 0 Å². The predicted octanol–water partition coefficient (Wildman–Crippen LogP) is 2.00. The lowest BCUT2D eigenvalue weighted by Gasteiger charge is -2.31. The zero-order valence-electron chi connectivity index (χ0n) is 13.3. The van der Waals surface area contributed by atoms with Gasteiger partial charge in [-0.3, -0.25) is 9.59 Å². The fourth-order valence-electron chi connectivity index (χ4n) is 2.97. The number of aromatic amines is 1. The Labute approximate surface area is 141 Å². The average molecular weight is 354 g/mol. The van der Waals surface area contributed by atoms with Crippen LogP contribution in [0.15, 0.2) is 35.5 Å². The molecule has 0 radical (unpaired) electrons. The molecule has 0 spiro atoms. The molecule has 1 saturated heterocycles. The highest BCUT2D eigenvalue weighted by molar-refractivity contribution is 5.76. The molecule has 6 nitrogen and oxygen atoms in total. The monoisotopic (exact) mass is 354 g/mol. The zero-order chi connectivity index (χ0) is 18.0. The van der Waals surface area contributed by atoms with Crippen molar-refractivity contribution in [1.29, 1.82) is 0 Å². The van der Waals surface area contributed by atoms with Gasteiger partial charge in [-0.25, -0.2) is 4.98 Å². The van der Waals surface area contributed by atoms with E-state index in [1.54, 1.807) is 17.3 Å². The average Bonchev–Trinajstić information content (AvgIpc) is 3.10. The molecule has 0 unspecified atom stereocenters. The van der Waals surface area contributed by atoms with Gasteiger partial charge in [0.2, 0.25) is 5.91 Å². The maximum absolute atomic E-state index is 12.7. The number of alkyl halides is 3. The van der Waals surface area contributed by atoms with E-state index in [-0.39, 0.29) is 11.8 Å². The Bertz CT molecular complexity index is 790. The van der Waals surface area contributed by atoms with Crippen LogP contribution in [-0.4, -0.2) is 38.4 Å². The van der Waals surface area contributed by atoms with Crippen LogP contribution in [0.25, 0.3) is 0 Å². The number of carbonyl (C=O) groups is 1. The highest BCUT2D eigenvalue weighted by Gasteiger charge is 2.31. The Morgan fingerprint density at radius 1 is 1.28 bits per heavy atom. The molecule has 134 valence electrons. The van der Waals surface area contributed by atoms with E-state index in [0.717, 1.165) is 35.4 Å². The molecule has 0 saturated carbocycles. The number of piperidine rings is 1. The van der Waals surface area contributed by atoms with Crippen LogP contribution >= 0.6 is 0 Å². The van der Waals surface area contributed by atoms with Crippen molar-refractivity contribution in [3.63, 3.8) is 0 Å². The highest BCUT2D eigenvalue weighted by atomic mass is 19.4. The summed E-state index contributed by atoms with van der Waals surface area (Å²) in [5, 5.41) is 0. The van der Waals surface area contributed by atoms with Gasteiger partial charge >= 0.3 is 6.18 Å². The largest absolute Gasteiger partial charge is 0.417 e. The van der Waals surface area contributed by atoms with Crippen LogP contribution in [0, 0.1) is 0 Å². The molecule has 0 bridgehead atoms. The quantitative estimate of drug-likeness (QED) is 0.916. The lowest BCUT2D eigenvalue weighted by atomic mass is 9.96. The number of imidazole rings is 1. The molecule has 0 atom stereocenters. The summed E-state index contributed by atoms with van der Waals surface area (Å²) in [6, 6.07) is 1.55. The molecule has 1 aliphatic rings. The van der Waals surface area contributed by atoms with Crippen molar-refractivity contribution < 1.29 is 18.0 Å². The van der Waals surface area contributed by atoms with E-state index in [9.17, 15) is 22.8 Å². The number of hydrogen-bond donors (Lipinski definition) is 1. The summed E-state index contributed by atoms with van der Waals surface area (Å²) < 4.78 is 39.1. The third-order valence-electron chi connectivity index (χ3n) is 4.37. The number of hydrogen-bond acceptors (Lipinski definition) is 3. The van der Waals surface area contributed by atoms with Crippen LogP contribution in [-0.2, 0) is 17.5 Å². The van der Waals surface area contributed by atoms with Gasteiger partial charge in [0.25, 0.3) is 5.56 Å². The van der Waals surface area contributed by atoms with Crippen molar-refractivity contribution in [3.8, 4) is 0 Å². The number of rotatable bonds is 3. The molecule has 0 aromatic carbocycles. The van der Waals surface area contributed by atoms with E-state index in [4.69, 9.17) is 0 Å². The fraction of sp³-hybridized carbons (Fsp3) is 0.438. The van der Waals surface area contributed by atoms with Crippen molar-refractivity contribution >= 4 is 5.91 Å². The first-order chi connectivity index (χ1) is 11.8. The summed E-state index contributed by atoms with van der Waals surface area (Å²) in [4.78, 5) is 32.9. The minimum Gasteiger partial charge on any atom is -0.348 e. The Morgan fingerprint density at radius 3 is 2.60 bits per heavy atom. The number of nitrogens with one attached hydrogen (secondary N) is 1. The van der Waals surface area contributed by atoms with Gasteiger partial charge in [0.1, 0.15) is 12.4 Å². The van der Waals surface area contributed by atoms with E-state index in [2.05, 4.69) is 9.97 Å². The maximum atomic E-state index is 12.7. The summed E-state index contributed by atoms with van der Waals surface area (Å²) in [7, 11) is 0. The Morgan fingerprint density at radius 2 is 2.00 bits per heavy atom. The summed E-state index contributed by atoms with van der Waals surface area (Å²) >= 11 is 0. The minimum atomic E-state index is -4.56. The van der Waals surface area contributed by atoms with Crippen LogP contribution in [0.5, 0.6) is 0 Å². The van der Waals surface area contributed by atoms with Crippen molar-refractivity contribution in [2.45, 2.75) is 31.5 Å². The second kappa shape index (κ2) is 6.73. The topological polar surface area (TPSA) is 71.0 Å². The molecule has 1 aliphatic heterocycles. The molecule has 25 heavy (non-hydrogen) atoms. The lowest BCUT2D eigenvalue weighted by molar-refractivity contribution is -0.139. The molecular weight excluding hydrogens is 337 g/mol. The standard InChI is InChI=1S/C16H17F3N4O2/c17-16(18,19)12-1-2-13(24)23(9-12)10-14(25)22-7-3-11(4-8-22)15-20-5-6-21-15/h1-2,5-6,9,11H,3-4,7-8,10H2,(H,20,21). The van der Waals surface area contributed by atoms with Gasteiger partial charge in [-0.15, -0.1) is 0 Å². The van der Waals surface area contributed by atoms with Crippen molar-refractivity contribution in [2.75, 3.05) is 13.1 Å². The van der Waals surface area contributed by atoms with Crippen molar-refractivity contribution in [2.24, 2.45) is 0 Å². The van der Waals surface area contributed by atoms with Gasteiger partial charge in [-0.1, -0.05) is 0 Å². The first-order valence-corrected chi connectivity index (χ1v) is 7.89. The van der Waals surface area contributed by atoms with Crippen LogP contribution < -0.4 is 5.56 Å². The lowest BCUT2D eigenvalue weighted by Crippen LogP contribution is -2.41. The second-order valence-corrected chi connectivity index (χ2v) is 6.01. The number of likely N-dealkylation sites (tertiary alicyclic amines) is 1. The van der Waals surface area contributed by atoms with Gasteiger partial charge in [0.15, 0.2) is 0 Å². The van der Waals surface area contributed by atoms with Crippen LogP contribution in [0.1, 0.15) is 30.1 Å². The Hall–Kier alpha value is -2.58. The molecule has 3 rings (SSSR count). The van der Waals surface area contributed by atoms with E-state index < -0.39 is 23.8 Å². The van der Waals surface area contributed by atoms with E-state index >= 15 is 0 Å². The molecule has 2 aromatic rings. The van der Waals surface area contributed by atoms with Gasteiger partial charge in [-0.2, -0.15) is 13.2 Å². The van der Waals surface area contributed by atoms with Crippen molar-refractivity contribution in [1.82, 2.24) is 19.4 Å². The van der Waals surface area contributed by atoms with E-state index in [1.165, 1.54) is 0 Å². The summed E-state index contributed by atoms with van der Waals surface area (Å²) in [5.41, 5.74) is -1.58. The number of carbonyl (C=O) groups excluding carboxylic acids is 1. The first kappa shape index (κ1) is 17.2. The normalized spacial score (nSPS) is 16.2. The van der Waals surface area contributed by atoms with Crippen molar-refractivity contribution in [3.05, 3.63) is 52.5 Å². The molecular formula is C16H17F3N4O2. The molecule has 0 aliphatic carbocycles. The number of H-pyrrole nitrogens is 1. The second-order valence-electron chi connectivity index (χ2n) is 6.01. The maximum Gasteiger partial charge on any atom is 0.417 e. The van der Waals surface area contributed by atoms with Gasteiger partial charge in [-0.05, 0) is 18.9 Å². The summed E-state index contributed by atoms with van der Waals surface area (Å²) in [6.07, 6.45) is 0.989. The van der Waals surface area contributed by atoms with Gasteiger partial charge in [0.05, 0.1) is 5.56 Å². The Balaban J connectivity index is 1.64. The number of amides is 1. The molecule has 1 amide bonds. The first-order valence-electron chi connectivity index (χ1n) is 7.89. The third kappa shape index (κ3) is 3.92. The SMILES string of the molecule is O=C(Cn1cc(C(F)(F)F)ccc1=O)N1CCC(c2ncc[nH]2)CC1. The van der Waals surface area contributed by atoms with Crippen LogP contribution in [0.2, 0.25) is 0 Å². The van der Waals surface area contributed by atoms with Crippen LogP contribution in [0.4, 0.5) is 13.2 Å². The zero-order valence-corrected chi connectivity index (χ0v) is 13.3. The fourth-order valence-corrected chi connectivity index (χ4v) is 2.97. The predicted molar refractivity (Wildman–Crippen MR) is 82.8 cm³/mol. The summed E-state index contributed by atoms with van der Waals surface area (Å²) in [5.74, 6) is 0.746. The Kier molecular flexibility index (Phi) is 4.65. The number of pyridine rings is 1. The van der Waals surface area contributed by atoms with Gasteiger partial charge in [0, 0.05) is 43.7 Å². The highest BCUT2D eigenvalue weighted by Crippen LogP contribution is 2.28. The minimum absolute atomic E-state index is 0.232. The van der Waals surface area contributed by atoms with Gasteiger partial charge < -0.3 is 14.5 Å². The number of aromatic nitrogens is 3. The molecule has 3 heterocycles. The summed E-state index contributed by atoms with van der Waals surface area (Å²) in [6.45, 7) is 0.573. The molecule has 9 heteroatoms. The molecule has 1 N–H and O–H groups in total. The molecule has 1 fully saturated rings. The number of halogens is 3. The molecule has 2 aromatic heterocycles. The third-order valence-corrected chi connectivity index (χ3v) is 4.37. The smallest absolute Gasteiger partial charge is 0.348 e. The van der Waals surface area contributed by atoms with E-state index in [0.29, 0.717) is 19.3 Å².